The Morgan fingerprint density at radius 3 is 1.59 bits per heavy atom. The number of aliphatic hydroxyl groups excluding tert-OH is 4. The first kappa shape index (κ1) is 32.8. The van der Waals surface area contributed by atoms with E-state index in [4.69, 9.17) is 9.84 Å². The summed E-state index contributed by atoms with van der Waals surface area (Å²) < 4.78 is 5.28. The summed E-state index contributed by atoms with van der Waals surface area (Å²) in [7, 11) is 0. The lowest BCUT2D eigenvalue weighted by molar-refractivity contribution is -0.147. The van der Waals surface area contributed by atoms with Crippen molar-refractivity contribution in [2.24, 2.45) is 0 Å². The number of carbonyl (C=O) groups excluding carboxylic acids is 1. The topological polar surface area (TPSA) is 145 Å². The highest BCUT2D eigenvalue weighted by atomic mass is 16.5. The third kappa shape index (κ3) is 19.1. The molecule has 0 fully saturated rings. The lowest BCUT2D eigenvalue weighted by Crippen LogP contribution is -2.31. The van der Waals surface area contributed by atoms with Gasteiger partial charge in [0.05, 0.1) is 24.4 Å². The highest BCUT2D eigenvalue weighted by Gasteiger charge is 2.22. The molecule has 8 nitrogen and oxygen atoms in total. The zero-order chi connectivity index (χ0) is 25.8. The predicted molar refractivity (Wildman–Crippen MR) is 131 cm³/mol. The molecule has 0 bridgehead atoms. The molecule has 0 saturated heterocycles. The monoisotopic (exact) mass is 490 g/mol. The molecular weight excluding hydrogens is 440 g/mol. The molecule has 0 radical (unpaired) electrons. The van der Waals surface area contributed by atoms with E-state index in [1.807, 2.05) is 0 Å². The van der Waals surface area contributed by atoms with E-state index >= 15 is 0 Å². The Morgan fingerprint density at radius 1 is 0.618 bits per heavy atom. The Kier molecular flexibility index (Phi) is 20.3. The van der Waals surface area contributed by atoms with Gasteiger partial charge in [0, 0.05) is 13.3 Å². The predicted octanol–water partition coefficient (Wildman–Crippen LogP) is 4.10. The van der Waals surface area contributed by atoms with Gasteiger partial charge >= 0.3 is 11.9 Å². The second-order valence-electron chi connectivity index (χ2n) is 9.56. The van der Waals surface area contributed by atoms with Crippen molar-refractivity contribution in [2.45, 2.75) is 154 Å². The molecule has 0 rings (SSSR count). The van der Waals surface area contributed by atoms with Gasteiger partial charge in [-0.3, -0.25) is 9.59 Å². The minimum atomic E-state index is -0.997. The summed E-state index contributed by atoms with van der Waals surface area (Å²) in [5.41, 5.74) is 0. The smallest absolute Gasteiger partial charge is 0.303 e. The SMILES string of the molecule is CCCCCCCCC[C@H](O)[C@H](O)CC[C@@H](O)[C@@H](O)CCC[C@H](CCCCC(=O)O)OC(C)=O. The maximum atomic E-state index is 11.3. The Balaban J connectivity index is 4.07. The lowest BCUT2D eigenvalue weighted by atomic mass is 9.96. The number of carbonyl (C=O) groups is 2. The van der Waals surface area contributed by atoms with E-state index in [9.17, 15) is 30.0 Å². The molecule has 0 aromatic carbocycles. The number of carboxylic acid groups (broad SMARTS) is 1. The van der Waals surface area contributed by atoms with Crippen LogP contribution in [-0.2, 0) is 14.3 Å². The van der Waals surface area contributed by atoms with Crippen molar-refractivity contribution in [1.29, 1.82) is 0 Å². The third-order valence-electron chi connectivity index (χ3n) is 6.28. The molecule has 34 heavy (non-hydrogen) atoms. The van der Waals surface area contributed by atoms with E-state index in [1.165, 1.54) is 32.6 Å². The normalized spacial score (nSPS) is 15.9. The average Bonchev–Trinajstić information content (AvgIpc) is 2.78. The van der Waals surface area contributed by atoms with E-state index in [-0.39, 0.29) is 25.4 Å². The van der Waals surface area contributed by atoms with Gasteiger partial charge < -0.3 is 30.3 Å². The molecule has 5 atom stereocenters. The fourth-order valence-corrected chi connectivity index (χ4v) is 4.12. The standard InChI is InChI=1S/C26H50O8/c1-3-4-5-6-7-8-9-15-22(28)24(30)18-19-25(31)23(29)16-12-14-21(34-20(2)27)13-10-11-17-26(32)33/h21-25,28-31H,3-19H2,1-2H3,(H,32,33)/t21-,22-,23-,24+,25+/m0/s1. The summed E-state index contributed by atoms with van der Waals surface area (Å²) in [5.74, 6) is -1.25. The second-order valence-corrected chi connectivity index (χ2v) is 9.56. The Morgan fingerprint density at radius 2 is 1.06 bits per heavy atom. The number of hydrogen-bond donors (Lipinski definition) is 5. The lowest BCUT2D eigenvalue weighted by Gasteiger charge is -2.22. The van der Waals surface area contributed by atoms with Crippen molar-refractivity contribution in [3.63, 3.8) is 0 Å². The van der Waals surface area contributed by atoms with Crippen molar-refractivity contribution in [3.8, 4) is 0 Å². The van der Waals surface area contributed by atoms with Crippen LogP contribution in [0.3, 0.4) is 0 Å². The first-order chi connectivity index (χ1) is 16.2. The summed E-state index contributed by atoms with van der Waals surface area (Å²) in [6.45, 7) is 3.51. The van der Waals surface area contributed by atoms with Crippen LogP contribution in [0.5, 0.6) is 0 Å². The minimum Gasteiger partial charge on any atom is -0.481 e. The molecule has 8 heteroatoms. The van der Waals surface area contributed by atoms with E-state index in [0.29, 0.717) is 44.9 Å². The molecule has 0 unspecified atom stereocenters. The molecule has 0 aromatic heterocycles. The molecule has 202 valence electrons. The molecule has 0 amide bonds. The van der Waals surface area contributed by atoms with Gasteiger partial charge in [0.25, 0.3) is 0 Å². The average molecular weight is 491 g/mol. The van der Waals surface area contributed by atoms with Crippen LogP contribution in [0.1, 0.15) is 123 Å². The summed E-state index contributed by atoms with van der Waals surface area (Å²) in [4.78, 5) is 21.9. The molecule has 0 aliphatic carbocycles. The number of rotatable bonds is 23. The van der Waals surface area contributed by atoms with Gasteiger partial charge in [0.15, 0.2) is 0 Å². The highest BCUT2D eigenvalue weighted by Crippen LogP contribution is 2.18. The van der Waals surface area contributed by atoms with Crippen LogP contribution in [0.2, 0.25) is 0 Å². The van der Waals surface area contributed by atoms with Crippen molar-refractivity contribution in [3.05, 3.63) is 0 Å². The maximum Gasteiger partial charge on any atom is 0.303 e. The quantitative estimate of drug-likeness (QED) is 0.106. The zero-order valence-corrected chi connectivity index (χ0v) is 21.4. The molecule has 0 aliphatic heterocycles. The van der Waals surface area contributed by atoms with Crippen molar-refractivity contribution in [1.82, 2.24) is 0 Å². The number of ether oxygens (including phenoxy) is 1. The van der Waals surface area contributed by atoms with Gasteiger partial charge in [-0.05, 0) is 57.8 Å². The molecule has 5 N–H and O–H groups in total. The molecule has 0 saturated carbocycles. The fourth-order valence-electron chi connectivity index (χ4n) is 4.12. The Labute approximate surface area is 205 Å². The molecule has 0 heterocycles. The Hall–Kier alpha value is -1.22. The maximum absolute atomic E-state index is 11.3. The van der Waals surface area contributed by atoms with Crippen molar-refractivity contribution in [2.75, 3.05) is 0 Å². The number of esters is 1. The van der Waals surface area contributed by atoms with Crippen LogP contribution in [-0.4, -0.2) is 68.0 Å². The minimum absolute atomic E-state index is 0.0806. The number of carboxylic acids is 1. The first-order valence-electron chi connectivity index (χ1n) is 13.3. The van der Waals surface area contributed by atoms with Crippen LogP contribution in [0.4, 0.5) is 0 Å². The number of aliphatic hydroxyl groups is 4. The van der Waals surface area contributed by atoms with Crippen molar-refractivity contribution < 1.29 is 39.9 Å². The van der Waals surface area contributed by atoms with Gasteiger partial charge in [0.1, 0.15) is 6.10 Å². The molecular formula is C26H50O8. The summed E-state index contributed by atoms with van der Waals surface area (Å²) in [5, 5.41) is 49.5. The van der Waals surface area contributed by atoms with E-state index < -0.39 is 36.4 Å². The second kappa shape index (κ2) is 21.1. The zero-order valence-electron chi connectivity index (χ0n) is 21.4. The van der Waals surface area contributed by atoms with Gasteiger partial charge in [-0.1, -0.05) is 51.9 Å². The van der Waals surface area contributed by atoms with Crippen LogP contribution in [0.25, 0.3) is 0 Å². The van der Waals surface area contributed by atoms with Gasteiger partial charge in [-0.15, -0.1) is 0 Å². The molecule has 0 aromatic rings. The van der Waals surface area contributed by atoms with E-state index in [0.717, 1.165) is 19.3 Å². The van der Waals surface area contributed by atoms with Crippen molar-refractivity contribution >= 4 is 11.9 Å². The van der Waals surface area contributed by atoms with E-state index in [2.05, 4.69) is 6.92 Å². The van der Waals surface area contributed by atoms with Crippen LogP contribution < -0.4 is 0 Å². The van der Waals surface area contributed by atoms with Gasteiger partial charge in [-0.2, -0.15) is 0 Å². The molecule has 0 aliphatic rings. The van der Waals surface area contributed by atoms with Crippen LogP contribution >= 0.6 is 0 Å². The summed E-state index contributed by atoms with van der Waals surface area (Å²) in [6.07, 6.45) is 8.11. The summed E-state index contributed by atoms with van der Waals surface area (Å²) in [6, 6.07) is 0. The first-order valence-corrected chi connectivity index (χ1v) is 13.3. The summed E-state index contributed by atoms with van der Waals surface area (Å²) >= 11 is 0. The number of hydrogen-bond acceptors (Lipinski definition) is 7. The number of unbranched alkanes of at least 4 members (excludes halogenated alkanes) is 7. The largest absolute Gasteiger partial charge is 0.481 e. The van der Waals surface area contributed by atoms with Crippen LogP contribution in [0.15, 0.2) is 0 Å². The molecule has 0 spiro atoms. The number of aliphatic carboxylic acids is 1. The fraction of sp³-hybridized carbons (Fsp3) is 0.923. The van der Waals surface area contributed by atoms with Gasteiger partial charge in [-0.25, -0.2) is 0 Å². The van der Waals surface area contributed by atoms with Gasteiger partial charge in [0.2, 0.25) is 0 Å². The third-order valence-corrected chi connectivity index (χ3v) is 6.28. The highest BCUT2D eigenvalue weighted by molar-refractivity contribution is 5.66. The van der Waals surface area contributed by atoms with Crippen LogP contribution in [0, 0.1) is 0 Å². The van der Waals surface area contributed by atoms with E-state index in [1.54, 1.807) is 0 Å². The Bertz CT molecular complexity index is 513.